The number of likely N-dealkylation sites (N-methyl/N-ethyl adjacent to an activating group) is 2. The van der Waals surface area contributed by atoms with Crippen LogP contribution in [0.2, 0.25) is 0 Å². The molecule has 0 heterocycles. The summed E-state index contributed by atoms with van der Waals surface area (Å²) in [5.74, 6) is 0.914. The van der Waals surface area contributed by atoms with Gasteiger partial charge in [-0.15, -0.1) is 0 Å². The van der Waals surface area contributed by atoms with Crippen molar-refractivity contribution in [3.05, 3.63) is 29.8 Å². The van der Waals surface area contributed by atoms with Crippen LogP contribution in [0.5, 0.6) is 5.75 Å². The lowest BCUT2D eigenvalue weighted by molar-refractivity contribution is 0.244. The number of methoxy groups -OCH3 is 1. The molecule has 0 aromatic heterocycles. The van der Waals surface area contributed by atoms with Crippen molar-refractivity contribution in [3.63, 3.8) is 0 Å². The first-order valence-corrected chi connectivity index (χ1v) is 6.21. The molecule has 3 nitrogen and oxygen atoms in total. The average Bonchev–Trinajstić information content (AvgIpc) is 2.36. The molecular formula is C14H24N2O. The predicted molar refractivity (Wildman–Crippen MR) is 72.5 cm³/mol. The number of hydrogen-bond donors (Lipinski definition) is 1. The van der Waals surface area contributed by atoms with E-state index >= 15 is 0 Å². The third-order valence-corrected chi connectivity index (χ3v) is 3.03. The molecule has 0 saturated carbocycles. The van der Waals surface area contributed by atoms with Gasteiger partial charge in [0.15, 0.2) is 0 Å². The van der Waals surface area contributed by atoms with Gasteiger partial charge in [-0.2, -0.15) is 0 Å². The van der Waals surface area contributed by atoms with Crippen molar-refractivity contribution in [2.45, 2.75) is 26.4 Å². The summed E-state index contributed by atoms with van der Waals surface area (Å²) in [6.07, 6.45) is 0. The Kier molecular flexibility index (Phi) is 6.01. The number of hydrogen-bond acceptors (Lipinski definition) is 3. The zero-order valence-corrected chi connectivity index (χ0v) is 11.4. The highest BCUT2D eigenvalue weighted by atomic mass is 16.5. The van der Waals surface area contributed by atoms with Gasteiger partial charge in [0.05, 0.1) is 7.11 Å². The fourth-order valence-corrected chi connectivity index (χ4v) is 1.68. The normalized spacial score (nSPS) is 12.8. The van der Waals surface area contributed by atoms with E-state index in [1.165, 1.54) is 5.56 Å². The smallest absolute Gasteiger partial charge is 0.118 e. The number of ether oxygens (including phenoxy) is 1. The van der Waals surface area contributed by atoms with Crippen LogP contribution in [-0.4, -0.2) is 38.2 Å². The fourth-order valence-electron chi connectivity index (χ4n) is 1.68. The Balaban J connectivity index is 2.46. The summed E-state index contributed by atoms with van der Waals surface area (Å²) in [7, 11) is 3.85. The first-order chi connectivity index (χ1) is 8.17. The third-order valence-electron chi connectivity index (χ3n) is 3.03. The maximum atomic E-state index is 5.15. The van der Waals surface area contributed by atoms with Gasteiger partial charge in [0, 0.05) is 19.1 Å². The highest BCUT2D eigenvalue weighted by Gasteiger charge is 2.08. The summed E-state index contributed by atoms with van der Waals surface area (Å²) < 4.78 is 5.15. The predicted octanol–water partition coefficient (Wildman–Crippen LogP) is 2.12. The summed E-state index contributed by atoms with van der Waals surface area (Å²) in [5.41, 5.74) is 1.32. The van der Waals surface area contributed by atoms with E-state index in [1.807, 2.05) is 12.1 Å². The Hall–Kier alpha value is -1.06. The topological polar surface area (TPSA) is 24.5 Å². The molecule has 0 aliphatic heterocycles. The third kappa shape index (κ3) is 4.75. The van der Waals surface area contributed by atoms with Gasteiger partial charge in [0.2, 0.25) is 0 Å². The van der Waals surface area contributed by atoms with Crippen LogP contribution in [0, 0.1) is 0 Å². The Morgan fingerprint density at radius 1 is 1.29 bits per heavy atom. The van der Waals surface area contributed by atoms with Gasteiger partial charge in [-0.05, 0) is 38.2 Å². The first kappa shape index (κ1) is 14.0. The van der Waals surface area contributed by atoms with Crippen LogP contribution in [0.1, 0.15) is 19.4 Å². The van der Waals surface area contributed by atoms with Crippen molar-refractivity contribution in [1.29, 1.82) is 0 Å². The average molecular weight is 236 g/mol. The molecule has 0 aliphatic rings. The maximum absolute atomic E-state index is 5.15. The van der Waals surface area contributed by atoms with Crippen LogP contribution in [0.4, 0.5) is 0 Å². The molecule has 0 radical (unpaired) electrons. The van der Waals surface area contributed by atoms with E-state index in [0.29, 0.717) is 6.04 Å². The maximum Gasteiger partial charge on any atom is 0.118 e. The summed E-state index contributed by atoms with van der Waals surface area (Å²) in [5, 5.41) is 3.37. The minimum atomic E-state index is 0.539. The molecule has 1 N–H and O–H groups in total. The van der Waals surface area contributed by atoms with Crippen molar-refractivity contribution in [2.75, 3.05) is 27.2 Å². The highest BCUT2D eigenvalue weighted by molar-refractivity contribution is 5.27. The molecule has 0 amide bonds. The van der Waals surface area contributed by atoms with Crippen molar-refractivity contribution in [1.82, 2.24) is 10.2 Å². The largest absolute Gasteiger partial charge is 0.497 e. The summed E-state index contributed by atoms with van der Waals surface area (Å²) in [6.45, 7) is 7.41. The Labute approximate surface area is 105 Å². The Morgan fingerprint density at radius 3 is 2.47 bits per heavy atom. The molecule has 0 fully saturated rings. The van der Waals surface area contributed by atoms with Gasteiger partial charge < -0.3 is 10.1 Å². The molecule has 1 unspecified atom stereocenters. The van der Waals surface area contributed by atoms with E-state index in [-0.39, 0.29) is 0 Å². The molecule has 0 aliphatic carbocycles. The molecule has 1 aromatic carbocycles. The molecule has 0 saturated heterocycles. The van der Waals surface area contributed by atoms with Crippen LogP contribution in [-0.2, 0) is 6.54 Å². The Morgan fingerprint density at radius 2 is 1.94 bits per heavy atom. The first-order valence-electron chi connectivity index (χ1n) is 6.21. The van der Waals surface area contributed by atoms with Crippen LogP contribution < -0.4 is 10.1 Å². The Bertz CT molecular complexity index is 311. The van der Waals surface area contributed by atoms with Gasteiger partial charge in [0.1, 0.15) is 5.75 Å². The lowest BCUT2D eigenvalue weighted by Gasteiger charge is -2.25. The summed E-state index contributed by atoms with van der Waals surface area (Å²) >= 11 is 0. The van der Waals surface area contributed by atoms with Crippen LogP contribution in [0.25, 0.3) is 0 Å². The van der Waals surface area contributed by atoms with Gasteiger partial charge in [0.25, 0.3) is 0 Å². The van der Waals surface area contributed by atoms with E-state index in [1.54, 1.807) is 7.11 Å². The van der Waals surface area contributed by atoms with Crippen molar-refractivity contribution >= 4 is 0 Å². The second-order valence-electron chi connectivity index (χ2n) is 4.42. The van der Waals surface area contributed by atoms with Gasteiger partial charge in [-0.25, -0.2) is 0 Å². The standard InChI is InChI=1S/C14H24N2O/c1-5-15-10-12(2)16(3)11-13-6-8-14(17-4)9-7-13/h6-9,12,15H,5,10-11H2,1-4H3. The molecule has 0 bridgehead atoms. The van der Waals surface area contributed by atoms with Crippen molar-refractivity contribution in [3.8, 4) is 5.75 Å². The minimum absolute atomic E-state index is 0.539. The van der Waals surface area contributed by atoms with Crippen molar-refractivity contribution in [2.24, 2.45) is 0 Å². The molecule has 1 rings (SSSR count). The quantitative estimate of drug-likeness (QED) is 0.785. The number of nitrogens with one attached hydrogen (secondary N) is 1. The lowest BCUT2D eigenvalue weighted by Crippen LogP contribution is -2.37. The van der Waals surface area contributed by atoms with Gasteiger partial charge >= 0.3 is 0 Å². The number of benzene rings is 1. The minimum Gasteiger partial charge on any atom is -0.497 e. The van der Waals surface area contributed by atoms with Crippen molar-refractivity contribution < 1.29 is 4.74 Å². The molecular weight excluding hydrogens is 212 g/mol. The highest BCUT2D eigenvalue weighted by Crippen LogP contribution is 2.13. The zero-order valence-electron chi connectivity index (χ0n) is 11.4. The molecule has 1 aromatic rings. The molecule has 1 atom stereocenters. The van der Waals surface area contributed by atoms with E-state index < -0.39 is 0 Å². The summed E-state index contributed by atoms with van der Waals surface area (Å²) in [4.78, 5) is 2.35. The second kappa shape index (κ2) is 7.30. The lowest BCUT2D eigenvalue weighted by atomic mass is 10.2. The van der Waals surface area contributed by atoms with E-state index in [2.05, 4.69) is 43.2 Å². The molecule has 3 heteroatoms. The van der Waals surface area contributed by atoms with Crippen LogP contribution >= 0.6 is 0 Å². The molecule has 96 valence electrons. The van der Waals surface area contributed by atoms with Gasteiger partial charge in [-0.1, -0.05) is 19.1 Å². The van der Waals surface area contributed by atoms with Crippen LogP contribution in [0.15, 0.2) is 24.3 Å². The monoisotopic (exact) mass is 236 g/mol. The SMILES string of the molecule is CCNCC(C)N(C)Cc1ccc(OC)cc1. The van der Waals surface area contributed by atoms with E-state index in [0.717, 1.165) is 25.4 Å². The zero-order chi connectivity index (χ0) is 12.7. The molecule has 0 spiro atoms. The summed E-state index contributed by atoms with van der Waals surface area (Å²) in [6, 6.07) is 8.80. The number of rotatable bonds is 7. The van der Waals surface area contributed by atoms with Gasteiger partial charge in [-0.3, -0.25) is 4.90 Å². The molecule has 17 heavy (non-hydrogen) atoms. The van der Waals surface area contributed by atoms with E-state index in [4.69, 9.17) is 4.74 Å². The van der Waals surface area contributed by atoms with E-state index in [9.17, 15) is 0 Å². The van der Waals surface area contributed by atoms with Crippen LogP contribution in [0.3, 0.4) is 0 Å². The second-order valence-corrected chi connectivity index (χ2v) is 4.42. The fraction of sp³-hybridized carbons (Fsp3) is 0.571. The number of nitrogens with zero attached hydrogens (tertiary/aromatic N) is 1.